The van der Waals surface area contributed by atoms with E-state index in [1.54, 1.807) is 18.5 Å². The van der Waals surface area contributed by atoms with Crippen LogP contribution in [0.4, 0.5) is 5.82 Å². The lowest BCUT2D eigenvalue weighted by Gasteiger charge is -2.22. The zero-order valence-corrected chi connectivity index (χ0v) is 16.4. The van der Waals surface area contributed by atoms with Crippen LogP contribution >= 0.6 is 0 Å². The summed E-state index contributed by atoms with van der Waals surface area (Å²) in [6, 6.07) is 10.6. The standard InChI is InChI=1S/C23H23N3O3/c1-14-9-11-24-20(12-14)26-21(15(2)13-19(27)16(3)29-4)18-8-7-17-6-5-10-25-22(17)23(18)28/h5-13,21,27-28H,2-3H2,1,4H3,(H,24,26)/b19-13+. The molecular formula is C23H23N3O3. The van der Waals surface area contributed by atoms with Crippen molar-refractivity contribution in [1.29, 1.82) is 0 Å². The van der Waals surface area contributed by atoms with Crippen LogP contribution in [-0.2, 0) is 4.74 Å². The number of benzene rings is 1. The van der Waals surface area contributed by atoms with Crippen LogP contribution in [0.25, 0.3) is 10.9 Å². The molecule has 6 heteroatoms. The molecule has 148 valence electrons. The molecule has 0 bridgehead atoms. The minimum absolute atomic E-state index is 0.0351. The van der Waals surface area contributed by atoms with Crippen LogP contribution in [0.15, 0.2) is 85.1 Å². The summed E-state index contributed by atoms with van der Waals surface area (Å²) in [5.41, 5.74) is 2.55. The van der Waals surface area contributed by atoms with Gasteiger partial charge in [-0.05, 0) is 42.3 Å². The Kier molecular flexibility index (Phi) is 5.83. The number of nitrogens with one attached hydrogen (secondary N) is 1. The second kappa shape index (κ2) is 8.48. The van der Waals surface area contributed by atoms with Crippen molar-refractivity contribution < 1.29 is 14.9 Å². The predicted octanol–water partition coefficient (Wildman–Crippen LogP) is 4.96. The number of phenols is 1. The lowest BCUT2D eigenvalue weighted by atomic mass is 9.96. The van der Waals surface area contributed by atoms with Crippen LogP contribution in [0.2, 0.25) is 0 Å². The second-order valence-corrected chi connectivity index (χ2v) is 6.61. The molecule has 1 aromatic carbocycles. The van der Waals surface area contributed by atoms with E-state index in [4.69, 9.17) is 4.74 Å². The maximum absolute atomic E-state index is 10.9. The summed E-state index contributed by atoms with van der Waals surface area (Å²) in [5, 5.41) is 25.2. The Labute approximate surface area is 169 Å². The quantitative estimate of drug-likeness (QED) is 0.391. The summed E-state index contributed by atoms with van der Waals surface area (Å²) in [6.07, 6.45) is 4.76. The average molecular weight is 389 g/mol. The van der Waals surface area contributed by atoms with E-state index in [2.05, 4.69) is 28.4 Å². The van der Waals surface area contributed by atoms with Crippen molar-refractivity contribution in [3.63, 3.8) is 0 Å². The summed E-state index contributed by atoms with van der Waals surface area (Å²) >= 11 is 0. The Morgan fingerprint density at radius 2 is 1.97 bits per heavy atom. The van der Waals surface area contributed by atoms with Crippen LogP contribution in [-0.4, -0.2) is 27.3 Å². The van der Waals surface area contributed by atoms with E-state index in [1.807, 2.05) is 37.3 Å². The van der Waals surface area contributed by atoms with E-state index in [0.29, 0.717) is 22.5 Å². The zero-order valence-electron chi connectivity index (χ0n) is 16.4. The molecular weight excluding hydrogens is 366 g/mol. The number of methoxy groups -OCH3 is 1. The first-order valence-corrected chi connectivity index (χ1v) is 8.99. The van der Waals surface area contributed by atoms with Gasteiger partial charge in [-0.3, -0.25) is 4.98 Å². The molecule has 6 nitrogen and oxygen atoms in total. The fraction of sp³-hybridized carbons (Fsp3) is 0.130. The minimum atomic E-state index is -0.581. The fourth-order valence-electron chi connectivity index (χ4n) is 2.96. The third kappa shape index (κ3) is 4.38. The highest BCUT2D eigenvalue weighted by molar-refractivity contribution is 5.86. The van der Waals surface area contributed by atoms with E-state index in [9.17, 15) is 10.2 Å². The largest absolute Gasteiger partial charge is 0.505 e. The van der Waals surface area contributed by atoms with Crippen LogP contribution in [0, 0.1) is 6.92 Å². The maximum atomic E-state index is 10.9. The number of hydrogen-bond acceptors (Lipinski definition) is 6. The first-order valence-electron chi connectivity index (χ1n) is 8.99. The third-order valence-corrected chi connectivity index (χ3v) is 4.52. The lowest BCUT2D eigenvalue weighted by molar-refractivity contribution is 0.258. The number of pyridine rings is 2. The number of fused-ring (bicyclic) bond motifs is 1. The van der Waals surface area contributed by atoms with E-state index in [1.165, 1.54) is 13.2 Å². The monoisotopic (exact) mass is 389 g/mol. The number of phenolic OH excluding ortho intramolecular Hbond substituents is 1. The van der Waals surface area contributed by atoms with Gasteiger partial charge in [0, 0.05) is 23.3 Å². The van der Waals surface area contributed by atoms with Crippen molar-refractivity contribution in [2.75, 3.05) is 12.4 Å². The van der Waals surface area contributed by atoms with E-state index in [-0.39, 0.29) is 17.3 Å². The number of aromatic hydroxyl groups is 1. The summed E-state index contributed by atoms with van der Waals surface area (Å²) in [5.74, 6) is 0.603. The molecule has 0 aliphatic rings. The molecule has 3 N–H and O–H groups in total. The number of aromatic nitrogens is 2. The Morgan fingerprint density at radius 3 is 2.69 bits per heavy atom. The number of aliphatic hydroxyl groups is 1. The molecule has 3 rings (SSSR count). The molecule has 0 fully saturated rings. The Balaban J connectivity index is 2.08. The topological polar surface area (TPSA) is 87.5 Å². The van der Waals surface area contributed by atoms with Gasteiger partial charge in [-0.2, -0.15) is 0 Å². The number of nitrogens with zero attached hydrogens (tertiary/aromatic N) is 2. The molecule has 0 aliphatic carbocycles. The predicted molar refractivity (Wildman–Crippen MR) is 115 cm³/mol. The maximum Gasteiger partial charge on any atom is 0.157 e. The normalized spacial score (nSPS) is 12.4. The third-order valence-electron chi connectivity index (χ3n) is 4.52. The number of rotatable bonds is 7. The van der Waals surface area contributed by atoms with Crippen LogP contribution in [0.1, 0.15) is 17.2 Å². The highest BCUT2D eigenvalue weighted by Crippen LogP contribution is 2.36. The Morgan fingerprint density at radius 1 is 1.17 bits per heavy atom. The van der Waals surface area contributed by atoms with Gasteiger partial charge < -0.3 is 20.3 Å². The van der Waals surface area contributed by atoms with Crippen LogP contribution < -0.4 is 5.32 Å². The number of anilines is 1. The molecule has 1 unspecified atom stereocenters. The van der Waals surface area contributed by atoms with Crippen molar-refractivity contribution in [2.45, 2.75) is 13.0 Å². The number of ether oxygens (including phenoxy) is 1. The summed E-state index contributed by atoms with van der Waals surface area (Å²) in [6.45, 7) is 9.67. The van der Waals surface area contributed by atoms with Gasteiger partial charge in [0.05, 0.1) is 13.2 Å². The van der Waals surface area contributed by atoms with Gasteiger partial charge in [-0.25, -0.2) is 4.98 Å². The van der Waals surface area contributed by atoms with Gasteiger partial charge >= 0.3 is 0 Å². The molecule has 0 radical (unpaired) electrons. The number of aliphatic hydroxyl groups excluding tert-OH is 1. The fourth-order valence-corrected chi connectivity index (χ4v) is 2.96. The highest BCUT2D eigenvalue weighted by atomic mass is 16.5. The van der Waals surface area contributed by atoms with Gasteiger partial charge in [0.2, 0.25) is 0 Å². The first kappa shape index (κ1) is 19.9. The zero-order chi connectivity index (χ0) is 21.0. The Hall–Kier alpha value is -3.80. The molecule has 29 heavy (non-hydrogen) atoms. The first-order chi connectivity index (χ1) is 13.9. The SMILES string of the molecule is C=C(OC)/C(O)=C\C(=C)C(Nc1cc(C)ccn1)c1ccc2cccnc2c1O. The molecule has 0 saturated heterocycles. The summed E-state index contributed by atoms with van der Waals surface area (Å²) < 4.78 is 4.97. The lowest BCUT2D eigenvalue weighted by Crippen LogP contribution is -2.14. The van der Waals surface area contributed by atoms with Crippen molar-refractivity contribution in [1.82, 2.24) is 9.97 Å². The van der Waals surface area contributed by atoms with Gasteiger partial charge in [0.25, 0.3) is 0 Å². The average Bonchev–Trinajstić information content (AvgIpc) is 2.72. The molecule has 2 heterocycles. The summed E-state index contributed by atoms with van der Waals surface area (Å²) in [4.78, 5) is 8.62. The number of aryl methyl sites for hydroxylation is 1. The molecule has 0 aliphatic heterocycles. The molecule has 1 atom stereocenters. The second-order valence-electron chi connectivity index (χ2n) is 6.61. The van der Waals surface area contributed by atoms with Crippen molar-refractivity contribution in [3.05, 3.63) is 96.2 Å². The van der Waals surface area contributed by atoms with E-state index < -0.39 is 6.04 Å². The molecule has 0 saturated carbocycles. The highest BCUT2D eigenvalue weighted by Gasteiger charge is 2.21. The van der Waals surface area contributed by atoms with Crippen molar-refractivity contribution >= 4 is 16.7 Å². The minimum Gasteiger partial charge on any atom is -0.505 e. The molecule has 0 spiro atoms. The molecule has 3 aromatic rings. The van der Waals surface area contributed by atoms with Crippen molar-refractivity contribution in [3.8, 4) is 5.75 Å². The van der Waals surface area contributed by atoms with Gasteiger partial charge in [0.1, 0.15) is 17.1 Å². The van der Waals surface area contributed by atoms with E-state index in [0.717, 1.165) is 10.9 Å². The van der Waals surface area contributed by atoms with Gasteiger partial charge in [0.15, 0.2) is 11.5 Å². The van der Waals surface area contributed by atoms with E-state index >= 15 is 0 Å². The number of hydrogen-bond donors (Lipinski definition) is 3. The van der Waals surface area contributed by atoms with Gasteiger partial charge in [-0.15, -0.1) is 0 Å². The smallest absolute Gasteiger partial charge is 0.157 e. The van der Waals surface area contributed by atoms with Crippen LogP contribution in [0.3, 0.4) is 0 Å². The summed E-state index contributed by atoms with van der Waals surface area (Å²) in [7, 11) is 1.42. The van der Waals surface area contributed by atoms with Gasteiger partial charge in [-0.1, -0.05) is 31.4 Å². The van der Waals surface area contributed by atoms with Crippen molar-refractivity contribution in [2.24, 2.45) is 0 Å². The van der Waals surface area contributed by atoms with Crippen LogP contribution in [0.5, 0.6) is 5.75 Å². The Bertz CT molecular complexity index is 1110. The molecule has 0 amide bonds. The molecule has 2 aromatic heterocycles.